The van der Waals surface area contributed by atoms with E-state index in [-0.39, 0.29) is 0 Å². The first-order chi connectivity index (χ1) is 9.13. The van der Waals surface area contributed by atoms with Crippen LogP contribution in [0.1, 0.15) is 23.9 Å². The van der Waals surface area contributed by atoms with Crippen molar-refractivity contribution in [2.24, 2.45) is 0 Å². The van der Waals surface area contributed by atoms with Gasteiger partial charge in [-0.05, 0) is 43.7 Å². The summed E-state index contributed by atoms with van der Waals surface area (Å²) in [6, 6.07) is 8.13. The van der Waals surface area contributed by atoms with Gasteiger partial charge < -0.3 is 9.73 Å². The molecule has 2 rings (SSSR count). The van der Waals surface area contributed by atoms with E-state index in [2.05, 4.69) is 36.3 Å². The standard InChI is InChI=1S/C15H20N2OS/c1-11-7-12(2)17-15(8-11)19-13(3)9-16-10-14-5-4-6-18-14/h4-8,13,16H,9-10H2,1-3H3. The minimum absolute atomic E-state index is 0.476. The van der Waals surface area contributed by atoms with Gasteiger partial charge in [0, 0.05) is 17.5 Å². The molecule has 0 aromatic carbocycles. The summed E-state index contributed by atoms with van der Waals surface area (Å²) < 4.78 is 5.28. The largest absolute Gasteiger partial charge is 0.468 e. The molecule has 1 unspecified atom stereocenters. The number of furan rings is 1. The van der Waals surface area contributed by atoms with E-state index in [0.717, 1.165) is 29.6 Å². The quantitative estimate of drug-likeness (QED) is 0.819. The summed E-state index contributed by atoms with van der Waals surface area (Å²) in [5.74, 6) is 0.974. The maximum atomic E-state index is 5.28. The predicted molar refractivity (Wildman–Crippen MR) is 79.4 cm³/mol. The molecule has 0 fully saturated rings. The van der Waals surface area contributed by atoms with E-state index < -0.39 is 0 Å². The lowest BCUT2D eigenvalue weighted by molar-refractivity contribution is 0.484. The van der Waals surface area contributed by atoms with Gasteiger partial charge in [-0.1, -0.05) is 6.92 Å². The van der Waals surface area contributed by atoms with Gasteiger partial charge in [0.1, 0.15) is 5.76 Å². The number of hydrogen-bond acceptors (Lipinski definition) is 4. The average Bonchev–Trinajstić information content (AvgIpc) is 2.80. The third-order valence-electron chi connectivity index (χ3n) is 2.71. The van der Waals surface area contributed by atoms with Crippen molar-refractivity contribution in [1.29, 1.82) is 0 Å². The zero-order valence-corrected chi connectivity index (χ0v) is 12.5. The lowest BCUT2D eigenvalue weighted by Gasteiger charge is -2.12. The molecule has 0 amide bonds. The van der Waals surface area contributed by atoms with Crippen molar-refractivity contribution < 1.29 is 4.42 Å². The van der Waals surface area contributed by atoms with E-state index in [1.165, 1.54) is 5.56 Å². The van der Waals surface area contributed by atoms with E-state index >= 15 is 0 Å². The first-order valence-electron chi connectivity index (χ1n) is 6.48. The smallest absolute Gasteiger partial charge is 0.117 e. The van der Waals surface area contributed by atoms with Crippen LogP contribution >= 0.6 is 11.8 Å². The Labute approximate surface area is 118 Å². The first kappa shape index (κ1) is 14.2. The van der Waals surface area contributed by atoms with Gasteiger partial charge in [-0.25, -0.2) is 4.98 Å². The van der Waals surface area contributed by atoms with Crippen LogP contribution in [0.4, 0.5) is 0 Å². The summed E-state index contributed by atoms with van der Waals surface area (Å²) in [7, 11) is 0. The molecular formula is C15H20N2OS. The van der Waals surface area contributed by atoms with Gasteiger partial charge in [0.2, 0.25) is 0 Å². The van der Waals surface area contributed by atoms with Gasteiger partial charge in [0.25, 0.3) is 0 Å². The van der Waals surface area contributed by atoms with Crippen LogP contribution in [0.15, 0.2) is 40.0 Å². The minimum Gasteiger partial charge on any atom is -0.468 e. The lowest BCUT2D eigenvalue weighted by Crippen LogP contribution is -2.22. The molecule has 1 atom stereocenters. The highest BCUT2D eigenvalue weighted by Gasteiger charge is 2.06. The van der Waals surface area contributed by atoms with Crippen molar-refractivity contribution in [2.75, 3.05) is 6.54 Å². The van der Waals surface area contributed by atoms with Crippen molar-refractivity contribution in [3.05, 3.63) is 47.5 Å². The number of pyridine rings is 1. The molecule has 0 radical (unpaired) electrons. The third kappa shape index (κ3) is 4.73. The summed E-state index contributed by atoms with van der Waals surface area (Å²) in [5, 5.41) is 4.97. The van der Waals surface area contributed by atoms with Crippen LogP contribution in [0.3, 0.4) is 0 Å². The van der Waals surface area contributed by atoms with Crippen LogP contribution in [-0.2, 0) is 6.54 Å². The fourth-order valence-electron chi connectivity index (χ4n) is 1.92. The molecule has 0 saturated carbocycles. The Morgan fingerprint density at radius 2 is 2.21 bits per heavy atom. The van der Waals surface area contributed by atoms with E-state index in [9.17, 15) is 0 Å². The molecule has 1 N–H and O–H groups in total. The first-order valence-corrected chi connectivity index (χ1v) is 7.36. The zero-order valence-electron chi connectivity index (χ0n) is 11.6. The van der Waals surface area contributed by atoms with Gasteiger partial charge in [-0.15, -0.1) is 11.8 Å². The molecule has 19 heavy (non-hydrogen) atoms. The molecule has 0 saturated heterocycles. The van der Waals surface area contributed by atoms with Crippen LogP contribution in [0.25, 0.3) is 0 Å². The molecule has 0 aliphatic heterocycles. The molecule has 3 nitrogen and oxygen atoms in total. The van der Waals surface area contributed by atoms with Crippen LogP contribution in [-0.4, -0.2) is 16.8 Å². The Kier molecular flexibility index (Phi) is 5.05. The molecule has 4 heteroatoms. The van der Waals surface area contributed by atoms with Gasteiger partial charge in [0.15, 0.2) is 0 Å². The van der Waals surface area contributed by atoms with E-state index in [1.54, 1.807) is 18.0 Å². The molecule has 2 aromatic heterocycles. The normalized spacial score (nSPS) is 12.6. The molecule has 0 bridgehead atoms. The number of hydrogen-bond donors (Lipinski definition) is 1. The lowest BCUT2D eigenvalue weighted by atomic mass is 10.3. The summed E-state index contributed by atoms with van der Waals surface area (Å²) in [5.41, 5.74) is 2.35. The highest BCUT2D eigenvalue weighted by atomic mass is 32.2. The zero-order chi connectivity index (χ0) is 13.7. The number of nitrogens with one attached hydrogen (secondary N) is 1. The summed E-state index contributed by atoms with van der Waals surface area (Å²) in [6.07, 6.45) is 1.70. The van der Waals surface area contributed by atoms with Gasteiger partial charge in [0.05, 0.1) is 17.8 Å². The fourth-order valence-corrected chi connectivity index (χ4v) is 2.99. The van der Waals surface area contributed by atoms with E-state index in [1.807, 2.05) is 19.1 Å². The number of nitrogens with zero attached hydrogens (tertiary/aromatic N) is 1. The fraction of sp³-hybridized carbons (Fsp3) is 0.400. The Hall–Kier alpha value is -1.26. The summed E-state index contributed by atoms with van der Waals surface area (Å²) in [4.78, 5) is 4.55. The Morgan fingerprint density at radius 3 is 2.89 bits per heavy atom. The second-order valence-electron chi connectivity index (χ2n) is 4.76. The Bertz CT molecular complexity index is 491. The Balaban J connectivity index is 1.78. The minimum atomic E-state index is 0.476. The SMILES string of the molecule is Cc1cc(C)nc(SC(C)CNCc2ccco2)c1. The van der Waals surface area contributed by atoms with Crippen LogP contribution in [0.5, 0.6) is 0 Å². The monoisotopic (exact) mass is 276 g/mol. The Morgan fingerprint density at radius 1 is 1.37 bits per heavy atom. The van der Waals surface area contributed by atoms with Crippen molar-refractivity contribution >= 4 is 11.8 Å². The van der Waals surface area contributed by atoms with Crippen molar-refractivity contribution in [3.8, 4) is 0 Å². The van der Waals surface area contributed by atoms with Crippen molar-refractivity contribution in [2.45, 2.75) is 37.6 Å². The third-order valence-corrected chi connectivity index (χ3v) is 3.73. The van der Waals surface area contributed by atoms with Gasteiger partial charge >= 0.3 is 0 Å². The second-order valence-corrected chi connectivity index (χ2v) is 6.22. The highest BCUT2D eigenvalue weighted by Crippen LogP contribution is 2.22. The maximum absolute atomic E-state index is 5.28. The van der Waals surface area contributed by atoms with Crippen molar-refractivity contribution in [1.82, 2.24) is 10.3 Å². The number of thioether (sulfide) groups is 1. The summed E-state index contributed by atoms with van der Waals surface area (Å²) in [6.45, 7) is 8.06. The van der Waals surface area contributed by atoms with E-state index in [0.29, 0.717) is 5.25 Å². The van der Waals surface area contributed by atoms with Crippen LogP contribution in [0.2, 0.25) is 0 Å². The molecule has 0 aliphatic carbocycles. The van der Waals surface area contributed by atoms with Gasteiger partial charge in [-0.3, -0.25) is 0 Å². The molecule has 0 spiro atoms. The second kappa shape index (κ2) is 6.78. The van der Waals surface area contributed by atoms with Gasteiger partial charge in [-0.2, -0.15) is 0 Å². The maximum Gasteiger partial charge on any atom is 0.117 e. The summed E-state index contributed by atoms with van der Waals surface area (Å²) >= 11 is 1.80. The number of aromatic nitrogens is 1. The highest BCUT2D eigenvalue weighted by molar-refractivity contribution is 7.99. The number of rotatable bonds is 6. The molecule has 2 aromatic rings. The van der Waals surface area contributed by atoms with Crippen molar-refractivity contribution in [3.63, 3.8) is 0 Å². The topological polar surface area (TPSA) is 38.1 Å². The molecule has 2 heterocycles. The molecule has 0 aliphatic rings. The molecule has 102 valence electrons. The van der Waals surface area contributed by atoms with Crippen LogP contribution in [0, 0.1) is 13.8 Å². The van der Waals surface area contributed by atoms with E-state index in [4.69, 9.17) is 4.42 Å². The van der Waals surface area contributed by atoms with Crippen LogP contribution < -0.4 is 5.32 Å². The number of aryl methyl sites for hydroxylation is 2. The molecular weight excluding hydrogens is 256 g/mol. The predicted octanol–water partition coefficient (Wildman–Crippen LogP) is 3.56. The average molecular weight is 276 g/mol.